The van der Waals surface area contributed by atoms with Crippen LogP contribution >= 0.6 is 0 Å². The van der Waals surface area contributed by atoms with Crippen LogP contribution in [0, 0.1) is 18.8 Å². The molecule has 1 rings (SSSR count). The molecule has 0 unspecified atom stereocenters. The molecule has 0 saturated heterocycles. The lowest BCUT2D eigenvalue weighted by atomic mass is 10.0. The molecule has 0 saturated carbocycles. The number of carbonyl (C=O) groups is 1. The van der Waals surface area contributed by atoms with E-state index in [-0.39, 0.29) is 12.5 Å². The standard InChI is InChI=1S/C14H17NO2/c1-11-10-13(14(17)15(2)3)8-7-12(11)6-4-5-9-16/h7-8,10,16H,5,9H2,1-3H3. The quantitative estimate of drug-likeness (QED) is 0.782. The van der Waals surface area contributed by atoms with Gasteiger partial charge in [0.15, 0.2) is 0 Å². The lowest BCUT2D eigenvalue weighted by Gasteiger charge is -2.11. The van der Waals surface area contributed by atoms with Gasteiger partial charge in [0.25, 0.3) is 5.91 Å². The average Bonchev–Trinajstić information content (AvgIpc) is 2.30. The van der Waals surface area contributed by atoms with Crippen LogP contribution in [0.3, 0.4) is 0 Å². The van der Waals surface area contributed by atoms with Crippen LogP contribution in [0.1, 0.15) is 27.9 Å². The number of aryl methyl sites for hydroxylation is 1. The minimum absolute atomic E-state index is 0.0111. The SMILES string of the molecule is Cc1cc(C(=O)N(C)C)ccc1C#CCCO. The predicted molar refractivity (Wildman–Crippen MR) is 67.8 cm³/mol. The number of hydrogen-bond donors (Lipinski definition) is 1. The molecule has 3 nitrogen and oxygen atoms in total. The average molecular weight is 231 g/mol. The Bertz CT molecular complexity index is 467. The Labute approximate surface area is 102 Å². The Morgan fingerprint density at radius 1 is 1.41 bits per heavy atom. The van der Waals surface area contributed by atoms with Gasteiger partial charge in [-0.15, -0.1) is 0 Å². The van der Waals surface area contributed by atoms with Crippen molar-refractivity contribution in [2.45, 2.75) is 13.3 Å². The predicted octanol–water partition coefficient (Wildman–Crippen LogP) is 1.43. The molecule has 0 aliphatic heterocycles. The van der Waals surface area contributed by atoms with Gasteiger partial charge in [0.05, 0.1) is 6.61 Å². The van der Waals surface area contributed by atoms with E-state index in [2.05, 4.69) is 11.8 Å². The van der Waals surface area contributed by atoms with Crippen molar-refractivity contribution in [3.63, 3.8) is 0 Å². The Balaban J connectivity index is 2.95. The largest absolute Gasteiger partial charge is 0.395 e. The zero-order valence-corrected chi connectivity index (χ0v) is 10.4. The van der Waals surface area contributed by atoms with Crippen LogP contribution in [0.4, 0.5) is 0 Å². The highest BCUT2D eigenvalue weighted by atomic mass is 16.2. The van der Waals surface area contributed by atoms with E-state index < -0.39 is 0 Å². The molecule has 0 atom stereocenters. The van der Waals surface area contributed by atoms with Gasteiger partial charge in [0, 0.05) is 31.6 Å². The van der Waals surface area contributed by atoms with Crippen molar-refractivity contribution in [1.82, 2.24) is 4.90 Å². The van der Waals surface area contributed by atoms with Crippen LogP contribution in [0.2, 0.25) is 0 Å². The molecule has 0 fully saturated rings. The Kier molecular flexibility index (Phi) is 4.74. The number of aliphatic hydroxyl groups excluding tert-OH is 1. The third-order valence-corrected chi connectivity index (χ3v) is 2.34. The van der Waals surface area contributed by atoms with E-state index in [1.807, 2.05) is 19.1 Å². The maximum atomic E-state index is 11.7. The summed E-state index contributed by atoms with van der Waals surface area (Å²) in [5.74, 6) is 5.83. The first-order chi connectivity index (χ1) is 8.06. The summed E-state index contributed by atoms with van der Waals surface area (Å²) < 4.78 is 0. The van der Waals surface area contributed by atoms with Crippen LogP contribution in [0.15, 0.2) is 18.2 Å². The summed E-state index contributed by atoms with van der Waals surface area (Å²) in [6.45, 7) is 2.00. The molecular weight excluding hydrogens is 214 g/mol. The molecule has 0 spiro atoms. The van der Waals surface area contributed by atoms with Crippen LogP contribution in [0.25, 0.3) is 0 Å². The summed E-state index contributed by atoms with van der Waals surface area (Å²) in [5.41, 5.74) is 2.54. The Morgan fingerprint density at radius 3 is 2.65 bits per heavy atom. The third-order valence-electron chi connectivity index (χ3n) is 2.34. The smallest absolute Gasteiger partial charge is 0.253 e. The molecule has 0 heterocycles. The van der Waals surface area contributed by atoms with Gasteiger partial charge in [-0.2, -0.15) is 0 Å². The van der Waals surface area contributed by atoms with Gasteiger partial charge >= 0.3 is 0 Å². The number of benzene rings is 1. The molecule has 0 aliphatic carbocycles. The number of rotatable bonds is 2. The summed E-state index contributed by atoms with van der Waals surface area (Å²) in [5, 5.41) is 8.64. The van der Waals surface area contributed by atoms with Crippen molar-refractivity contribution in [3.05, 3.63) is 34.9 Å². The third kappa shape index (κ3) is 3.61. The first kappa shape index (κ1) is 13.3. The van der Waals surface area contributed by atoms with Crippen molar-refractivity contribution < 1.29 is 9.90 Å². The van der Waals surface area contributed by atoms with Crippen molar-refractivity contribution in [2.24, 2.45) is 0 Å². The lowest BCUT2D eigenvalue weighted by molar-refractivity contribution is 0.0827. The van der Waals surface area contributed by atoms with E-state index in [9.17, 15) is 4.79 Å². The van der Waals surface area contributed by atoms with Gasteiger partial charge < -0.3 is 10.0 Å². The minimum atomic E-state index is -0.0111. The van der Waals surface area contributed by atoms with Crippen molar-refractivity contribution in [3.8, 4) is 11.8 Å². The Morgan fingerprint density at radius 2 is 2.12 bits per heavy atom. The highest BCUT2D eigenvalue weighted by Crippen LogP contribution is 2.11. The van der Waals surface area contributed by atoms with E-state index in [0.717, 1.165) is 11.1 Å². The summed E-state index contributed by atoms with van der Waals surface area (Å²) in [4.78, 5) is 13.3. The summed E-state index contributed by atoms with van der Waals surface area (Å²) >= 11 is 0. The molecule has 90 valence electrons. The second-order valence-electron chi connectivity index (χ2n) is 4.00. The number of nitrogens with zero attached hydrogens (tertiary/aromatic N) is 1. The fourth-order valence-electron chi connectivity index (χ4n) is 1.41. The van der Waals surface area contributed by atoms with Crippen molar-refractivity contribution >= 4 is 5.91 Å². The topological polar surface area (TPSA) is 40.5 Å². The van der Waals surface area contributed by atoms with Crippen molar-refractivity contribution in [2.75, 3.05) is 20.7 Å². The van der Waals surface area contributed by atoms with Gasteiger partial charge in [-0.25, -0.2) is 0 Å². The molecule has 1 aromatic carbocycles. The van der Waals surface area contributed by atoms with Crippen LogP contribution in [-0.2, 0) is 0 Å². The van der Waals surface area contributed by atoms with Gasteiger partial charge in [0.2, 0.25) is 0 Å². The molecule has 3 heteroatoms. The normalized spacial score (nSPS) is 9.41. The summed E-state index contributed by atoms with van der Waals surface area (Å²) in [7, 11) is 3.46. The molecule has 1 aromatic rings. The summed E-state index contributed by atoms with van der Waals surface area (Å²) in [6, 6.07) is 5.46. The molecule has 0 aliphatic rings. The summed E-state index contributed by atoms with van der Waals surface area (Å²) in [6.07, 6.45) is 0.470. The number of carbonyl (C=O) groups excluding carboxylic acids is 1. The second-order valence-corrected chi connectivity index (χ2v) is 4.00. The monoisotopic (exact) mass is 231 g/mol. The number of amides is 1. The molecule has 1 amide bonds. The highest BCUT2D eigenvalue weighted by molar-refractivity contribution is 5.94. The first-order valence-corrected chi connectivity index (χ1v) is 5.48. The molecular formula is C14H17NO2. The van der Waals surface area contributed by atoms with Crippen molar-refractivity contribution in [1.29, 1.82) is 0 Å². The van der Waals surface area contributed by atoms with Crippen LogP contribution in [-0.4, -0.2) is 36.6 Å². The maximum absolute atomic E-state index is 11.7. The van der Waals surface area contributed by atoms with Gasteiger partial charge in [-0.3, -0.25) is 4.79 Å². The molecule has 17 heavy (non-hydrogen) atoms. The molecule has 1 N–H and O–H groups in total. The molecule has 0 bridgehead atoms. The molecule has 0 radical (unpaired) electrons. The number of hydrogen-bond acceptors (Lipinski definition) is 2. The molecule has 0 aromatic heterocycles. The van der Waals surface area contributed by atoms with Crippen LogP contribution in [0.5, 0.6) is 0 Å². The van der Waals surface area contributed by atoms with Gasteiger partial charge in [-0.05, 0) is 30.7 Å². The zero-order chi connectivity index (χ0) is 12.8. The lowest BCUT2D eigenvalue weighted by Crippen LogP contribution is -2.21. The maximum Gasteiger partial charge on any atom is 0.253 e. The van der Waals surface area contributed by atoms with E-state index in [1.54, 1.807) is 25.1 Å². The first-order valence-electron chi connectivity index (χ1n) is 5.48. The van der Waals surface area contributed by atoms with E-state index in [4.69, 9.17) is 5.11 Å². The van der Waals surface area contributed by atoms with Crippen LogP contribution < -0.4 is 0 Å². The van der Waals surface area contributed by atoms with E-state index in [0.29, 0.717) is 12.0 Å². The number of aliphatic hydroxyl groups is 1. The Hall–Kier alpha value is -1.79. The van der Waals surface area contributed by atoms with E-state index in [1.165, 1.54) is 0 Å². The van der Waals surface area contributed by atoms with E-state index >= 15 is 0 Å². The minimum Gasteiger partial charge on any atom is -0.395 e. The fourth-order valence-corrected chi connectivity index (χ4v) is 1.41. The van der Waals surface area contributed by atoms with Gasteiger partial charge in [0.1, 0.15) is 0 Å². The fraction of sp³-hybridized carbons (Fsp3) is 0.357. The van der Waals surface area contributed by atoms with Gasteiger partial charge in [-0.1, -0.05) is 11.8 Å². The second kappa shape index (κ2) is 6.07. The highest BCUT2D eigenvalue weighted by Gasteiger charge is 2.08. The zero-order valence-electron chi connectivity index (χ0n) is 10.4.